The molecule has 0 aromatic heterocycles. The van der Waals surface area contributed by atoms with Gasteiger partial charge in [-0.2, -0.15) is 0 Å². The van der Waals surface area contributed by atoms with Gasteiger partial charge in [0.2, 0.25) is 0 Å². The smallest absolute Gasteiger partial charge is 0.550 e. The van der Waals surface area contributed by atoms with E-state index in [0.29, 0.717) is 11.5 Å². The maximum absolute atomic E-state index is 9.90. The van der Waals surface area contributed by atoms with E-state index in [4.69, 9.17) is 0 Å². The molecule has 0 atom stereocenters. The molecule has 0 aliphatic rings. The molecule has 0 aliphatic carbocycles. The Morgan fingerprint density at radius 3 is 1.09 bits per heavy atom. The van der Waals surface area contributed by atoms with Crippen molar-refractivity contribution in [3.63, 3.8) is 0 Å². The number of hydrogen-bond donors (Lipinski definition) is 0. The van der Waals surface area contributed by atoms with Gasteiger partial charge in [0.1, 0.15) is 0 Å². The van der Waals surface area contributed by atoms with Crippen LogP contribution in [-0.2, 0) is 9.59 Å². The summed E-state index contributed by atoms with van der Waals surface area (Å²) in [5, 5.41) is 19.8. The summed E-state index contributed by atoms with van der Waals surface area (Å²) < 4.78 is 0. The van der Waals surface area contributed by atoms with E-state index in [9.17, 15) is 19.8 Å². The van der Waals surface area contributed by atoms with Gasteiger partial charge in [0.25, 0.3) is 0 Å². The second-order valence-electron chi connectivity index (χ2n) is 7.01. The van der Waals surface area contributed by atoms with Crippen molar-refractivity contribution >= 4 is 57.4 Å². The topological polar surface area (TPSA) is 80.3 Å². The first kappa shape index (κ1) is 31.2. The van der Waals surface area contributed by atoms with Gasteiger partial charge in [0.05, 0.1) is 0 Å². The molecule has 0 saturated heterocycles. The van der Waals surface area contributed by atoms with Crippen LogP contribution in [0.3, 0.4) is 0 Å². The molecule has 0 unspecified atom stereocenters. The molecule has 0 fully saturated rings. The molecule has 4 radical (unpaired) electrons. The van der Waals surface area contributed by atoms with Crippen LogP contribution in [0.25, 0.3) is 0 Å². The van der Waals surface area contributed by atoms with Crippen LogP contribution in [0.5, 0.6) is 0 Å². The quantitative estimate of drug-likeness (QED) is 0.323. The first-order valence-electron chi connectivity index (χ1n) is 6.97. The molecule has 0 amide bonds. The van der Waals surface area contributed by atoms with E-state index in [1.165, 1.54) is 21.6 Å². The fourth-order valence-electron chi connectivity index (χ4n) is 0.368. The van der Waals surface area contributed by atoms with E-state index in [-0.39, 0.29) is 47.6 Å². The largest absolute Gasteiger partial charge is 2.00 e. The van der Waals surface area contributed by atoms with Crippen LogP contribution in [0.4, 0.5) is 0 Å². The first-order chi connectivity index (χ1) is 9.63. The van der Waals surface area contributed by atoms with E-state index >= 15 is 0 Å². The van der Waals surface area contributed by atoms with Gasteiger partial charge in [-0.15, -0.1) is 0 Å². The molecule has 0 heterocycles. The van der Waals surface area contributed by atoms with Crippen molar-refractivity contribution < 1.29 is 19.8 Å². The Kier molecular flexibility index (Phi) is 23.4. The van der Waals surface area contributed by atoms with Gasteiger partial charge in [-0.25, -0.2) is 0 Å². The number of carbonyl (C=O) groups is 2. The number of aliphatic carboxylic acids is 2. The number of carboxylic acid groups (broad SMARTS) is 2. The molecule has 0 bridgehead atoms. The van der Waals surface area contributed by atoms with Gasteiger partial charge in [0, 0.05) is 23.4 Å². The Bertz CT molecular complexity index is 255. The van der Waals surface area contributed by atoms with E-state index in [0.717, 1.165) is 0 Å². The predicted octanol–water partition coefficient (Wildman–Crippen LogP) is 2.00. The molecule has 134 valence electrons. The third-order valence-electron chi connectivity index (χ3n) is 0.862. The van der Waals surface area contributed by atoms with Gasteiger partial charge in [-0.3, -0.25) is 0 Å². The molecule has 0 N–H and O–H groups in total. The molecular formula is C16H30O4S2Sn. The van der Waals surface area contributed by atoms with Crippen molar-refractivity contribution in [3.05, 3.63) is 13.8 Å². The Morgan fingerprint density at radius 2 is 0.957 bits per heavy atom. The Hall–Kier alpha value is 0.439. The summed E-state index contributed by atoms with van der Waals surface area (Å²) in [5.74, 6) is -1.27. The standard InChI is InChI=1S/C6H10O4S2.2C5H11.Sn/c7-5(8)1-3-11-12-4-2-6(9)10;2*1-5(2,3)4;/h1-4H2,(H,7,8)(H,9,10);2*1H2,2-4H3;/q;;;+2/p-2. The minimum atomic E-state index is -1.08. The maximum atomic E-state index is 9.90. The van der Waals surface area contributed by atoms with Crippen LogP contribution in [0.2, 0.25) is 0 Å². The van der Waals surface area contributed by atoms with Gasteiger partial charge in [0.15, 0.2) is 0 Å². The predicted molar refractivity (Wildman–Crippen MR) is 99.5 cm³/mol. The van der Waals surface area contributed by atoms with Gasteiger partial charge in [-0.1, -0.05) is 63.1 Å². The molecule has 0 saturated carbocycles. The number of carboxylic acids is 2. The summed E-state index contributed by atoms with van der Waals surface area (Å²) in [5.41, 5.74) is 0.500. The van der Waals surface area contributed by atoms with E-state index in [1.54, 1.807) is 0 Å². The fourth-order valence-corrected chi connectivity index (χ4v) is 2.31. The third-order valence-corrected chi connectivity index (χ3v) is 3.27. The number of hydrogen-bond acceptors (Lipinski definition) is 6. The van der Waals surface area contributed by atoms with Crippen molar-refractivity contribution in [2.24, 2.45) is 10.8 Å². The van der Waals surface area contributed by atoms with Crippen molar-refractivity contribution in [2.45, 2.75) is 54.4 Å². The molecule has 0 aromatic rings. The van der Waals surface area contributed by atoms with Gasteiger partial charge in [-0.05, 0) is 37.5 Å². The van der Waals surface area contributed by atoms with Crippen LogP contribution in [0, 0.1) is 24.7 Å². The molecular weight excluding hydrogens is 439 g/mol. The van der Waals surface area contributed by atoms with Crippen LogP contribution in [0.1, 0.15) is 54.4 Å². The minimum Gasteiger partial charge on any atom is -0.550 e. The van der Waals surface area contributed by atoms with E-state index in [2.05, 4.69) is 55.4 Å². The number of carbonyl (C=O) groups excluding carboxylic acids is 2. The second-order valence-corrected chi connectivity index (χ2v) is 9.71. The van der Waals surface area contributed by atoms with Gasteiger partial charge < -0.3 is 19.8 Å². The summed E-state index contributed by atoms with van der Waals surface area (Å²) in [6.45, 7) is 20.0. The molecule has 23 heavy (non-hydrogen) atoms. The van der Waals surface area contributed by atoms with Crippen LogP contribution >= 0.6 is 21.6 Å². The first-order valence-corrected chi connectivity index (χ1v) is 9.46. The summed E-state index contributed by atoms with van der Waals surface area (Å²) >= 11 is 0. The van der Waals surface area contributed by atoms with Crippen molar-refractivity contribution in [3.8, 4) is 0 Å². The zero-order valence-electron chi connectivity index (χ0n) is 15.2. The van der Waals surface area contributed by atoms with Crippen LogP contribution in [-0.4, -0.2) is 47.4 Å². The van der Waals surface area contributed by atoms with E-state index < -0.39 is 11.9 Å². The molecule has 0 aromatic carbocycles. The SMILES string of the molecule is O=C([O-])CCSSCCC(=O)[O-].[CH2]C(C)(C)C.[CH2]C(C)(C)C.[Sn+2]. The zero-order valence-corrected chi connectivity index (χ0v) is 19.7. The summed E-state index contributed by atoms with van der Waals surface area (Å²) in [6, 6.07) is 0. The van der Waals surface area contributed by atoms with Crippen LogP contribution in [0.15, 0.2) is 0 Å². The zero-order chi connectivity index (χ0) is 18.4. The van der Waals surface area contributed by atoms with Crippen molar-refractivity contribution in [1.82, 2.24) is 0 Å². The average Bonchev–Trinajstić information content (AvgIpc) is 2.17. The molecule has 7 heteroatoms. The minimum absolute atomic E-state index is 0. The molecule has 0 aliphatic heterocycles. The summed E-state index contributed by atoms with van der Waals surface area (Å²) in [6.07, 6.45) is 0.00593. The summed E-state index contributed by atoms with van der Waals surface area (Å²) in [4.78, 5) is 19.8. The van der Waals surface area contributed by atoms with Crippen LogP contribution < -0.4 is 10.2 Å². The Labute approximate surface area is 167 Å². The Morgan fingerprint density at radius 1 is 0.783 bits per heavy atom. The Balaban J connectivity index is -0.000000137. The third kappa shape index (κ3) is 105. The fraction of sp³-hybridized carbons (Fsp3) is 0.750. The normalized spacial score (nSPS) is 10.3. The maximum Gasteiger partial charge on any atom is 2.00 e. The summed E-state index contributed by atoms with van der Waals surface area (Å²) in [7, 11) is 2.66. The van der Waals surface area contributed by atoms with E-state index in [1.807, 2.05) is 0 Å². The van der Waals surface area contributed by atoms with Crippen molar-refractivity contribution in [2.75, 3.05) is 11.5 Å². The molecule has 4 nitrogen and oxygen atoms in total. The van der Waals surface area contributed by atoms with Gasteiger partial charge >= 0.3 is 23.9 Å². The molecule has 0 spiro atoms. The number of rotatable bonds is 7. The average molecular weight is 469 g/mol. The van der Waals surface area contributed by atoms with Crippen molar-refractivity contribution in [1.29, 1.82) is 0 Å². The second kappa shape index (κ2) is 17.3. The monoisotopic (exact) mass is 470 g/mol. The molecule has 0 rings (SSSR count).